The summed E-state index contributed by atoms with van der Waals surface area (Å²) in [5.41, 5.74) is 6.63. The first-order valence-corrected chi connectivity index (χ1v) is 15.7. The van der Waals surface area contributed by atoms with Crippen molar-refractivity contribution in [2.75, 3.05) is 37.4 Å². The number of aromatic nitrogens is 3. The van der Waals surface area contributed by atoms with Gasteiger partial charge >= 0.3 is 6.36 Å². The van der Waals surface area contributed by atoms with Crippen LogP contribution in [0.15, 0.2) is 82.8 Å². The second kappa shape index (κ2) is 13.3. The minimum atomic E-state index is -4.88. The molecule has 0 saturated carbocycles. The minimum Gasteiger partial charge on any atom is -0.406 e. The molecular formula is C28H25F3N6O6S2. The van der Waals surface area contributed by atoms with Crippen molar-refractivity contribution < 1.29 is 40.7 Å². The molecule has 1 fully saturated rings. The van der Waals surface area contributed by atoms with E-state index in [0.29, 0.717) is 16.9 Å². The number of halogens is 3. The molecule has 0 unspecified atom stereocenters. The fourth-order valence-corrected chi connectivity index (χ4v) is 6.56. The van der Waals surface area contributed by atoms with Crippen LogP contribution in [0.25, 0.3) is 17.1 Å². The summed E-state index contributed by atoms with van der Waals surface area (Å²) >= 11 is 0.991. The number of thioether (sulfide) groups is 1. The average molecular weight is 663 g/mol. The number of amides is 2. The Morgan fingerprint density at radius 3 is 2.33 bits per heavy atom. The number of ether oxygens (including phenoxy) is 2. The van der Waals surface area contributed by atoms with Crippen LogP contribution in [0.3, 0.4) is 0 Å². The van der Waals surface area contributed by atoms with Crippen molar-refractivity contribution in [1.82, 2.24) is 19.1 Å². The maximum atomic E-state index is 13.3. The molecule has 3 aromatic carbocycles. The summed E-state index contributed by atoms with van der Waals surface area (Å²) in [7, 11) is -3.86. The highest BCUT2D eigenvalue weighted by atomic mass is 32.2. The van der Waals surface area contributed by atoms with Gasteiger partial charge in [-0.25, -0.2) is 8.42 Å². The second-order valence-electron chi connectivity index (χ2n) is 9.51. The quantitative estimate of drug-likeness (QED) is 0.242. The highest BCUT2D eigenvalue weighted by Crippen LogP contribution is 2.32. The zero-order valence-corrected chi connectivity index (χ0v) is 24.9. The fourth-order valence-electron chi connectivity index (χ4n) is 4.36. The van der Waals surface area contributed by atoms with Gasteiger partial charge in [-0.2, -0.15) is 4.31 Å². The Morgan fingerprint density at radius 1 is 1.00 bits per heavy atom. The first-order chi connectivity index (χ1) is 21.4. The molecule has 0 bridgehead atoms. The summed E-state index contributed by atoms with van der Waals surface area (Å²) in [6, 6.07) is 17.0. The number of nitrogens with zero attached hydrogens (tertiary/aromatic N) is 4. The number of anilines is 1. The van der Waals surface area contributed by atoms with E-state index in [1.807, 2.05) is 0 Å². The number of sulfonamides is 1. The largest absolute Gasteiger partial charge is 0.573 e. The van der Waals surface area contributed by atoms with E-state index in [0.717, 1.165) is 23.9 Å². The smallest absolute Gasteiger partial charge is 0.406 e. The van der Waals surface area contributed by atoms with Crippen LogP contribution in [0, 0.1) is 0 Å². The van der Waals surface area contributed by atoms with Crippen molar-refractivity contribution in [3.05, 3.63) is 78.4 Å². The van der Waals surface area contributed by atoms with E-state index >= 15 is 0 Å². The number of carbonyl (C=O) groups excluding carboxylic acids is 2. The number of nitrogens with one attached hydrogen (secondary N) is 1. The molecule has 1 aromatic heterocycles. The number of hydrogen-bond acceptors (Lipinski definition) is 9. The molecule has 12 nitrogen and oxygen atoms in total. The number of primary amides is 1. The summed E-state index contributed by atoms with van der Waals surface area (Å²) in [6.07, 6.45) is -4.88. The number of rotatable bonds is 10. The first kappa shape index (κ1) is 32.0. The second-order valence-corrected chi connectivity index (χ2v) is 12.4. The lowest BCUT2D eigenvalue weighted by Crippen LogP contribution is -2.40. The van der Waals surface area contributed by atoms with Crippen molar-refractivity contribution in [3.8, 4) is 22.8 Å². The van der Waals surface area contributed by atoms with Gasteiger partial charge in [0.1, 0.15) is 5.75 Å². The molecule has 0 spiro atoms. The SMILES string of the molecule is NC(=O)c1ccc(NC(=O)CSc2nnc(-c3cccc(S(=O)(=O)N4CCOCC4)c3)n2-c2ccc(OC(F)(F)F)cc2)cc1. The summed E-state index contributed by atoms with van der Waals surface area (Å²) in [5, 5.41) is 11.3. The summed E-state index contributed by atoms with van der Waals surface area (Å²) in [4.78, 5) is 24.0. The Morgan fingerprint density at radius 2 is 1.69 bits per heavy atom. The highest BCUT2D eigenvalue weighted by molar-refractivity contribution is 7.99. The van der Waals surface area contributed by atoms with Crippen LogP contribution in [0.2, 0.25) is 0 Å². The van der Waals surface area contributed by atoms with Crippen molar-refractivity contribution in [1.29, 1.82) is 0 Å². The molecule has 45 heavy (non-hydrogen) atoms. The van der Waals surface area contributed by atoms with E-state index < -0.39 is 33.9 Å². The Hall–Kier alpha value is -4.45. The van der Waals surface area contributed by atoms with Gasteiger partial charge < -0.3 is 20.5 Å². The van der Waals surface area contributed by atoms with Crippen molar-refractivity contribution in [2.24, 2.45) is 5.73 Å². The van der Waals surface area contributed by atoms with Gasteiger partial charge in [0, 0.05) is 35.6 Å². The number of benzene rings is 3. The molecule has 236 valence electrons. The number of nitrogens with two attached hydrogens (primary N) is 1. The maximum absolute atomic E-state index is 13.3. The lowest BCUT2D eigenvalue weighted by Gasteiger charge is -2.26. The number of morpholine rings is 1. The molecule has 0 atom stereocenters. The molecule has 5 rings (SSSR count). The van der Waals surface area contributed by atoms with Crippen molar-refractivity contribution >= 4 is 39.3 Å². The molecule has 2 amide bonds. The van der Waals surface area contributed by atoms with E-state index in [-0.39, 0.29) is 53.5 Å². The number of hydrogen-bond donors (Lipinski definition) is 2. The maximum Gasteiger partial charge on any atom is 0.573 e. The molecule has 2 heterocycles. The zero-order chi connectivity index (χ0) is 32.2. The van der Waals surface area contributed by atoms with Gasteiger partial charge in [0.2, 0.25) is 21.8 Å². The van der Waals surface area contributed by atoms with Crippen LogP contribution in [0.1, 0.15) is 10.4 Å². The fraction of sp³-hybridized carbons (Fsp3) is 0.214. The number of carbonyl (C=O) groups is 2. The van der Waals surface area contributed by atoms with Crippen LogP contribution in [-0.2, 0) is 19.6 Å². The topological polar surface area (TPSA) is 159 Å². The molecular weight excluding hydrogens is 637 g/mol. The third-order valence-electron chi connectivity index (χ3n) is 6.45. The van der Waals surface area contributed by atoms with Crippen LogP contribution in [0.4, 0.5) is 18.9 Å². The molecule has 3 N–H and O–H groups in total. The van der Waals surface area contributed by atoms with Gasteiger partial charge in [-0.1, -0.05) is 23.9 Å². The third-order valence-corrected chi connectivity index (χ3v) is 9.27. The zero-order valence-electron chi connectivity index (χ0n) is 23.2. The Balaban J connectivity index is 1.44. The molecule has 0 aliphatic carbocycles. The van der Waals surface area contributed by atoms with Crippen LogP contribution in [0.5, 0.6) is 5.75 Å². The van der Waals surface area contributed by atoms with Gasteiger partial charge in [-0.15, -0.1) is 23.4 Å². The summed E-state index contributed by atoms with van der Waals surface area (Å²) in [5.74, 6) is -1.44. The van der Waals surface area contributed by atoms with Crippen molar-refractivity contribution in [2.45, 2.75) is 16.4 Å². The first-order valence-electron chi connectivity index (χ1n) is 13.2. The molecule has 4 aromatic rings. The van der Waals surface area contributed by atoms with Gasteiger partial charge in [0.05, 0.1) is 23.9 Å². The molecule has 1 aliphatic heterocycles. The van der Waals surface area contributed by atoms with E-state index in [9.17, 15) is 31.2 Å². The molecule has 1 saturated heterocycles. The Bertz CT molecular complexity index is 1790. The Kier molecular flexibility index (Phi) is 9.42. The number of alkyl halides is 3. The summed E-state index contributed by atoms with van der Waals surface area (Å²) in [6.45, 7) is 0.947. The lowest BCUT2D eigenvalue weighted by molar-refractivity contribution is -0.274. The predicted octanol–water partition coefficient (Wildman–Crippen LogP) is 3.68. The molecule has 0 radical (unpaired) electrons. The van der Waals surface area contributed by atoms with E-state index in [4.69, 9.17) is 10.5 Å². The average Bonchev–Trinajstić information content (AvgIpc) is 3.44. The van der Waals surface area contributed by atoms with Crippen molar-refractivity contribution in [3.63, 3.8) is 0 Å². The van der Waals surface area contributed by atoms with E-state index in [1.54, 1.807) is 12.1 Å². The van der Waals surface area contributed by atoms with Gasteiger partial charge in [-0.3, -0.25) is 14.2 Å². The highest BCUT2D eigenvalue weighted by Gasteiger charge is 2.31. The monoisotopic (exact) mass is 662 g/mol. The van der Waals surface area contributed by atoms with Crippen LogP contribution >= 0.6 is 11.8 Å². The summed E-state index contributed by atoms with van der Waals surface area (Å²) < 4.78 is 76.9. The standard InChI is InChI=1S/C28H25F3N6O6S2/c29-28(30,31)43-22-10-8-21(9-11-22)37-26(19-2-1-3-23(16-19)45(40,41)36-12-14-42-15-13-36)34-35-27(37)44-17-24(38)33-20-6-4-18(5-7-20)25(32)39/h1-11,16H,12-15,17H2,(H2,32,39)(H,33,38). The Labute approximate surface area is 259 Å². The van der Waals surface area contributed by atoms with Crippen LogP contribution in [-0.4, -0.2) is 77.7 Å². The molecule has 17 heteroatoms. The van der Waals surface area contributed by atoms with E-state index in [1.165, 1.54) is 57.4 Å². The normalized spacial score (nSPS) is 14.2. The van der Waals surface area contributed by atoms with Gasteiger partial charge in [0.25, 0.3) is 0 Å². The minimum absolute atomic E-state index is 0.0151. The lowest BCUT2D eigenvalue weighted by atomic mass is 10.2. The third kappa shape index (κ3) is 7.80. The predicted molar refractivity (Wildman–Crippen MR) is 157 cm³/mol. The molecule has 1 aliphatic rings. The van der Waals surface area contributed by atoms with E-state index in [2.05, 4.69) is 20.3 Å². The van der Waals surface area contributed by atoms with Crippen LogP contribution < -0.4 is 15.8 Å². The van der Waals surface area contributed by atoms with Gasteiger partial charge in [-0.05, 0) is 60.7 Å². The van der Waals surface area contributed by atoms with Gasteiger partial charge in [0.15, 0.2) is 11.0 Å².